The van der Waals surface area contributed by atoms with E-state index in [1.165, 1.54) is 5.56 Å². The highest BCUT2D eigenvalue weighted by Crippen LogP contribution is 2.20. The average molecular weight is 305 g/mol. The summed E-state index contributed by atoms with van der Waals surface area (Å²) >= 11 is 0. The Kier molecular flexibility index (Phi) is 7.36. The molecule has 1 amide bonds. The van der Waals surface area contributed by atoms with Gasteiger partial charge in [-0.15, -0.1) is 0 Å². The number of rotatable bonds is 9. The first kappa shape index (κ1) is 16.9. The zero-order valence-corrected chi connectivity index (χ0v) is 13.4. The fourth-order valence-corrected chi connectivity index (χ4v) is 2.82. The van der Waals surface area contributed by atoms with E-state index in [9.17, 15) is 4.79 Å². The van der Waals surface area contributed by atoms with E-state index in [1.807, 2.05) is 18.2 Å². The van der Waals surface area contributed by atoms with Crippen molar-refractivity contribution >= 4 is 5.91 Å². The highest BCUT2D eigenvalue weighted by molar-refractivity contribution is 5.82. The Balaban J connectivity index is 1.71. The van der Waals surface area contributed by atoms with E-state index in [-0.39, 0.29) is 11.9 Å². The Morgan fingerprint density at radius 3 is 2.86 bits per heavy atom. The van der Waals surface area contributed by atoms with Gasteiger partial charge in [-0.3, -0.25) is 9.69 Å². The maximum atomic E-state index is 12.3. The first-order valence-corrected chi connectivity index (χ1v) is 8.06. The second kappa shape index (κ2) is 9.56. The number of ether oxygens (including phenoxy) is 1. The van der Waals surface area contributed by atoms with Crippen LogP contribution in [-0.2, 0) is 16.1 Å². The first-order valence-electron chi connectivity index (χ1n) is 8.06. The maximum Gasteiger partial charge on any atom is 0.237 e. The number of amides is 1. The normalized spacial score (nSPS) is 18.5. The third-order valence-electron chi connectivity index (χ3n) is 3.98. The molecule has 1 unspecified atom stereocenters. The number of methoxy groups -OCH3 is 1. The van der Waals surface area contributed by atoms with Crippen LogP contribution in [0, 0.1) is 0 Å². The molecule has 1 saturated heterocycles. The van der Waals surface area contributed by atoms with Gasteiger partial charge in [-0.05, 0) is 24.9 Å². The highest BCUT2D eigenvalue weighted by Gasteiger charge is 2.30. The van der Waals surface area contributed by atoms with Crippen LogP contribution >= 0.6 is 0 Å². The molecule has 5 nitrogen and oxygen atoms in total. The second-order valence-electron chi connectivity index (χ2n) is 5.65. The van der Waals surface area contributed by atoms with Gasteiger partial charge in [0, 0.05) is 33.3 Å². The van der Waals surface area contributed by atoms with Crippen LogP contribution in [0.15, 0.2) is 30.3 Å². The minimum absolute atomic E-state index is 0.0131. The van der Waals surface area contributed by atoms with Gasteiger partial charge < -0.3 is 15.4 Å². The number of likely N-dealkylation sites (tertiary alicyclic amines) is 1. The molecule has 1 fully saturated rings. The van der Waals surface area contributed by atoms with Gasteiger partial charge in [0.15, 0.2) is 0 Å². The van der Waals surface area contributed by atoms with Crippen LogP contribution < -0.4 is 10.6 Å². The summed E-state index contributed by atoms with van der Waals surface area (Å²) in [6.45, 7) is 4.81. The van der Waals surface area contributed by atoms with E-state index in [2.05, 4.69) is 27.7 Å². The Morgan fingerprint density at radius 1 is 1.27 bits per heavy atom. The Bertz CT molecular complexity index is 439. The van der Waals surface area contributed by atoms with Gasteiger partial charge in [0.2, 0.25) is 5.91 Å². The molecule has 22 heavy (non-hydrogen) atoms. The van der Waals surface area contributed by atoms with Crippen LogP contribution in [0.4, 0.5) is 0 Å². The van der Waals surface area contributed by atoms with E-state index in [0.29, 0.717) is 13.2 Å². The lowest BCUT2D eigenvalue weighted by molar-refractivity contribution is -0.125. The van der Waals surface area contributed by atoms with Gasteiger partial charge in [-0.25, -0.2) is 0 Å². The fraction of sp³-hybridized carbons (Fsp3) is 0.588. The predicted octanol–water partition coefficient (Wildman–Crippen LogP) is 1.00. The lowest BCUT2D eigenvalue weighted by Gasteiger charge is -2.23. The number of nitrogens with one attached hydrogen (secondary N) is 2. The maximum absolute atomic E-state index is 12.3. The monoisotopic (exact) mass is 305 g/mol. The van der Waals surface area contributed by atoms with E-state index >= 15 is 0 Å². The lowest BCUT2D eigenvalue weighted by atomic mass is 10.1. The SMILES string of the molecule is COCCNCCNC(=O)C1CCCN1Cc1ccccc1. The van der Waals surface area contributed by atoms with Crippen molar-refractivity contribution < 1.29 is 9.53 Å². The molecule has 1 aromatic rings. The second-order valence-corrected chi connectivity index (χ2v) is 5.65. The minimum Gasteiger partial charge on any atom is -0.383 e. The molecule has 0 spiro atoms. The van der Waals surface area contributed by atoms with E-state index < -0.39 is 0 Å². The summed E-state index contributed by atoms with van der Waals surface area (Å²) in [5.41, 5.74) is 1.27. The van der Waals surface area contributed by atoms with Crippen molar-refractivity contribution in [3.63, 3.8) is 0 Å². The predicted molar refractivity (Wildman–Crippen MR) is 87.6 cm³/mol. The van der Waals surface area contributed by atoms with Crippen LogP contribution in [0.25, 0.3) is 0 Å². The van der Waals surface area contributed by atoms with Crippen LogP contribution in [0.3, 0.4) is 0 Å². The third-order valence-corrected chi connectivity index (χ3v) is 3.98. The van der Waals surface area contributed by atoms with E-state index in [4.69, 9.17) is 4.74 Å². The van der Waals surface area contributed by atoms with Crippen LogP contribution in [-0.4, -0.2) is 56.7 Å². The van der Waals surface area contributed by atoms with Crippen molar-refractivity contribution in [3.05, 3.63) is 35.9 Å². The fourth-order valence-electron chi connectivity index (χ4n) is 2.82. The third kappa shape index (κ3) is 5.40. The number of hydrogen-bond acceptors (Lipinski definition) is 4. The molecule has 0 saturated carbocycles. The number of nitrogens with zero attached hydrogens (tertiary/aromatic N) is 1. The zero-order chi connectivity index (χ0) is 15.6. The molecule has 0 bridgehead atoms. The van der Waals surface area contributed by atoms with E-state index in [1.54, 1.807) is 7.11 Å². The van der Waals surface area contributed by atoms with Gasteiger partial charge in [0.1, 0.15) is 0 Å². The van der Waals surface area contributed by atoms with Gasteiger partial charge >= 0.3 is 0 Å². The number of benzene rings is 1. The quantitative estimate of drug-likeness (QED) is 0.669. The Labute approximate surface area is 133 Å². The molecule has 1 aliphatic heterocycles. The van der Waals surface area contributed by atoms with Crippen LogP contribution in [0.5, 0.6) is 0 Å². The molecule has 2 rings (SSSR count). The van der Waals surface area contributed by atoms with Gasteiger partial charge in [-0.1, -0.05) is 30.3 Å². The van der Waals surface area contributed by atoms with Crippen molar-refractivity contribution in [3.8, 4) is 0 Å². The van der Waals surface area contributed by atoms with Gasteiger partial charge in [-0.2, -0.15) is 0 Å². The highest BCUT2D eigenvalue weighted by atomic mass is 16.5. The summed E-state index contributed by atoms with van der Waals surface area (Å²) in [4.78, 5) is 14.6. The molecule has 5 heteroatoms. The van der Waals surface area contributed by atoms with Crippen molar-refractivity contribution in [1.82, 2.24) is 15.5 Å². The molecule has 1 heterocycles. The molecular formula is C17H27N3O2. The summed E-state index contributed by atoms with van der Waals surface area (Å²) < 4.78 is 4.96. The molecule has 0 aromatic heterocycles. The molecule has 1 aliphatic rings. The molecule has 122 valence electrons. The number of carbonyl (C=O) groups excluding carboxylic acids is 1. The minimum atomic E-state index is 0.0131. The van der Waals surface area contributed by atoms with Crippen molar-refractivity contribution in [2.24, 2.45) is 0 Å². The van der Waals surface area contributed by atoms with Gasteiger partial charge in [0.05, 0.1) is 12.6 Å². The lowest BCUT2D eigenvalue weighted by Crippen LogP contribution is -2.44. The standard InChI is InChI=1S/C17H27N3O2/c1-22-13-11-18-9-10-19-17(21)16-8-5-12-20(16)14-15-6-3-2-4-7-15/h2-4,6-7,16,18H,5,8-14H2,1H3,(H,19,21). The number of carbonyl (C=O) groups is 1. The van der Waals surface area contributed by atoms with E-state index in [0.717, 1.165) is 39.0 Å². The molecular weight excluding hydrogens is 278 g/mol. The largest absolute Gasteiger partial charge is 0.383 e. The molecule has 1 aromatic carbocycles. The van der Waals surface area contributed by atoms with Crippen molar-refractivity contribution in [2.75, 3.05) is 39.9 Å². The summed E-state index contributed by atoms with van der Waals surface area (Å²) in [6, 6.07) is 10.4. The molecule has 2 N–H and O–H groups in total. The summed E-state index contributed by atoms with van der Waals surface area (Å²) in [7, 11) is 1.69. The summed E-state index contributed by atoms with van der Waals surface area (Å²) in [5.74, 6) is 0.155. The number of hydrogen-bond donors (Lipinski definition) is 2. The smallest absolute Gasteiger partial charge is 0.237 e. The first-order chi connectivity index (χ1) is 10.8. The van der Waals surface area contributed by atoms with Gasteiger partial charge in [0.25, 0.3) is 0 Å². The molecule has 0 aliphatic carbocycles. The van der Waals surface area contributed by atoms with Crippen molar-refractivity contribution in [1.29, 1.82) is 0 Å². The van der Waals surface area contributed by atoms with Crippen molar-refractivity contribution in [2.45, 2.75) is 25.4 Å². The Morgan fingerprint density at radius 2 is 2.09 bits per heavy atom. The molecule has 0 radical (unpaired) electrons. The topological polar surface area (TPSA) is 53.6 Å². The van der Waals surface area contributed by atoms with Crippen LogP contribution in [0.1, 0.15) is 18.4 Å². The van der Waals surface area contributed by atoms with Crippen LogP contribution in [0.2, 0.25) is 0 Å². The average Bonchev–Trinajstić information content (AvgIpc) is 3.00. The summed E-state index contributed by atoms with van der Waals surface area (Å²) in [6.07, 6.45) is 2.05. The Hall–Kier alpha value is -1.43. The molecule has 1 atom stereocenters. The summed E-state index contributed by atoms with van der Waals surface area (Å²) in [5, 5.41) is 6.26. The zero-order valence-electron chi connectivity index (χ0n) is 13.4.